The molecule has 0 radical (unpaired) electrons. The van der Waals surface area contributed by atoms with Crippen LogP contribution in [0.3, 0.4) is 0 Å². The van der Waals surface area contributed by atoms with Gasteiger partial charge >= 0.3 is 0 Å². The summed E-state index contributed by atoms with van der Waals surface area (Å²) in [5.74, 6) is 1.95. The van der Waals surface area contributed by atoms with E-state index in [1.54, 1.807) is 4.57 Å². The van der Waals surface area contributed by atoms with Crippen LogP contribution < -0.4 is 15.0 Å². The van der Waals surface area contributed by atoms with Gasteiger partial charge in [0.1, 0.15) is 17.3 Å². The SMILES string of the molecule is CC.Cc1ccc(OCC(=O)N2CCN(Cc3nc4ccc(CN5CCN(C)CC5)cc4c(=O)n3-c3ccccc3OC(C)C)CC2)cc1.Cl. The van der Waals surface area contributed by atoms with Crippen LogP contribution in [0.1, 0.15) is 44.6 Å². The number of piperazine rings is 2. The lowest BCUT2D eigenvalue weighted by Crippen LogP contribution is -2.50. The number of nitrogens with zero attached hydrogens (tertiary/aromatic N) is 6. The van der Waals surface area contributed by atoms with Crippen LogP contribution in [0.15, 0.2) is 71.5 Å². The van der Waals surface area contributed by atoms with E-state index in [4.69, 9.17) is 14.5 Å². The number of para-hydroxylation sites is 2. The Balaban J connectivity index is 0.00000184. The van der Waals surface area contributed by atoms with Gasteiger partial charge in [-0.2, -0.15) is 0 Å². The summed E-state index contributed by atoms with van der Waals surface area (Å²) in [6.45, 7) is 17.9. The monoisotopic (exact) mass is 704 g/mol. The number of likely N-dealkylation sites (N-methyl/N-ethyl adjacent to an activating group) is 1. The van der Waals surface area contributed by atoms with Gasteiger partial charge in [-0.3, -0.25) is 24.0 Å². The Morgan fingerprint density at radius 3 is 2.16 bits per heavy atom. The fourth-order valence-corrected chi connectivity index (χ4v) is 6.22. The molecule has 0 saturated carbocycles. The van der Waals surface area contributed by atoms with E-state index in [-0.39, 0.29) is 36.6 Å². The van der Waals surface area contributed by atoms with Gasteiger partial charge in [-0.1, -0.05) is 49.7 Å². The maximum absolute atomic E-state index is 14.4. The summed E-state index contributed by atoms with van der Waals surface area (Å²) < 4.78 is 13.6. The average molecular weight is 705 g/mol. The molecule has 11 heteroatoms. The number of hydrogen-bond acceptors (Lipinski definition) is 8. The van der Waals surface area contributed by atoms with Gasteiger partial charge in [-0.15, -0.1) is 12.4 Å². The first-order valence-corrected chi connectivity index (χ1v) is 17.6. The number of rotatable bonds is 10. The first-order chi connectivity index (χ1) is 23.7. The van der Waals surface area contributed by atoms with Gasteiger partial charge in [0.2, 0.25) is 0 Å². The molecule has 6 rings (SSSR count). The summed E-state index contributed by atoms with van der Waals surface area (Å²) in [6, 6.07) is 21.5. The minimum Gasteiger partial charge on any atom is -0.489 e. The van der Waals surface area contributed by atoms with Crippen molar-refractivity contribution in [3.63, 3.8) is 0 Å². The smallest absolute Gasteiger partial charge is 0.266 e. The van der Waals surface area contributed by atoms with Crippen molar-refractivity contribution in [2.45, 2.75) is 53.8 Å². The number of hydrogen-bond donors (Lipinski definition) is 0. The fraction of sp³-hybridized carbons (Fsp3) is 0.462. The molecule has 2 aliphatic heterocycles. The molecule has 50 heavy (non-hydrogen) atoms. The summed E-state index contributed by atoms with van der Waals surface area (Å²) in [4.78, 5) is 41.3. The van der Waals surface area contributed by atoms with Crippen molar-refractivity contribution in [3.05, 3.63) is 94.0 Å². The fourth-order valence-electron chi connectivity index (χ4n) is 6.22. The lowest BCUT2D eigenvalue weighted by molar-refractivity contribution is -0.135. The Morgan fingerprint density at radius 2 is 1.48 bits per heavy atom. The van der Waals surface area contributed by atoms with Gasteiger partial charge in [0.15, 0.2) is 6.61 Å². The second kappa shape index (κ2) is 18.3. The number of amides is 1. The van der Waals surface area contributed by atoms with E-state index in [2.05, 4.69) is 27.8 Å². The van der Waals surface area contributed by atoms with Crippen molar-refractivity contribution in [2.75, 3.05) is 66.0 Å². The molecule has 0 N–H and O–H groups in total. The van der Waals surface area contributed by atoms with Crippen LogP contribution in [0, 0.1) is 6.92 Å². The Hall–Kier alpha value is -3.96. The van der Waals surface area contributed by atoms with Crippen molar-refractivity contribution in [1.82, 2.24) is 29.2 Å². The Morgan fingerprint density at radius 1 is 0.840 bits per heavy atom. The molecule has 1 aromatic heterocycles. The standard InChI is InChI=1S/C37H46N6O4.C2H6.ClH/c1-27(2)47-34-8-6-5-7-33(34)43-35(25-41-19-21-42(22-20-41)36(44)26-46-30-12-9-28(3)10-13-30)38-32-14-11-29(23-31(32)37(43)45)24-40-17-15-39(4)16-18-40;1-2;/h5-14,23,27H,15-22,24-26H2,1-4H3;1-2H3;1H. The molecule has 0 aliphatic carbocycles. The number of ether oxygens (including phenoxy) is 2. The van der Waals surface area contributed by atoms with E-state index < -0.39 is 0 Å². The normalized spacial score (nSPS) is 15.7. The maximum atomic E-state index is 14.4. The van der Waals surface area contributed by atoms with Crippen molar-refractivity contribution < 1.29 is 14.3 Å². The van der Waals surface area contributed by atoms with Gasteiger partial charge in [0, 0.05) is 58.9 Å². The lowest BCUT2D eigenvalue weighted by Gasteiger charge is -2.34. The molecule has 10 nitrogen and oxygen atoms in total. The minimum atomic E-state index is -0.105. The van der Waals surface area contributed by atoms with Gasteiger partial charge in [-0.25, -0.2) is 4.98 Å². The Kier molecular flexibility index (Phi) is 14.2. The van der Waals surface area contributed by atoms with Gasteiger partial charge < -0.3 is 19.3 Å². The topological polar surface area (TPSA) is 83.4 Å². The van der Waals surface area contributed by atoms with Crippen LogP contribution in [0.2, 0.25) is 0 Å². The first kappa shape index (κ1) is 38.8. The largest absolute Gasteiger partial charge is 0.489 e. The van der Waals surface area contributed by atoms with E-state index >= 15 is 0 Å². The predicted octanol–water partition coefficient (Wildman–Crippen LogP) is 5.40. The second-order valence-electron chi connectivity index (χ2n) is 13.0. The molecule has 0 spiro atoms. The van der Waals surface area contributed by atoms with Crippen molar-refractivity contribution in [3.8, 4) is 17.2 Å². The van der Waals surface area contributed by atoms with Gasteiger partial charge in [0.05, 0.1) is 29.2 Å². The first-order valence-electron chi connectivity index (χ1n) is 17.6. The lowest BCUT2D eigenvalue weighted by atomic mass is 10.1. The third-order valence-electron chi connectivity index (χ3n) is 8.95. The van der Waals surface area contributed by atoms with E-state index in [0.29, 0.717) is 66.6 Å². The number of benzene rings is 3. The number of carbonyl (C=O) groups is 1. The molecule has 0 atom stereocenters. The summed E-state index contributed by atoms with van der Waals surface area (Å²) in [5, 5.41) is 0.601. The quantitative estimate of drug-likeness (QED) is 0.217. The number of aromatic nitrogens is 2. The Bertz CT molecular complexity index is 1750. The molecule has 2 saturated heterocycles. The van der Waals surface area contributed by atoms with Crippen LogP contribution >= 0.6 is 12.4 Å². The second-order valence-corrected chi connectivity index (χ2v) is 13.0. The molecule has 270 valence electrons. The van der Waals surface area contributed by atoms with E-state index in [0.717, 1.165) is 43.9 Å². The van der Waals surface area contributed by atoms with Crippen molar-refractivity contribution >= 4 is 29.2 Å². The third kappa shape index (κ3) is 9.84. The van der Waals surface area contributed by atoms with Crippen LogP contribution in [-0.2, 0) is 17.9 Å². The van der Waals surface area contributed by atoms with E-state index in [9.17, 15) is 9.59 Å². The maximum Gasteiger partial charge on any atom is 0.266 e. The highest BCUT2D eigenvalue weighted by Gasteiger charge is 2.25. The molecule has 2 aliphatic rings. The molecule has 4 aromatic rings. The number of carbonyl (C=O) groups excluding carboxylic acids is 1. The summed E-state index contributed by atoms with van der Waals surface area (Å²) in [5.41, 5.74) is 3.52. The van der Waals surface area contributed by atoms with Gasteiger partial charge in [-0.05, 0) is 69.8 Å². The average Bonchev–Trinajstić information content (AvgIpc) is 3.11. The molecule has 0 bridgehead atoms. The molecular weight excluding hydrogens is 652 g/mol. The molecule has 3 aromatic carbocycles. The van der Waals surface area contributed by atoms with Crippen molar-refractivity contribution in [2.24, 2.45) is 0 Å². The third-order valence-corrected chi connectivity index (χ3v) is 8.95. The van der Waals surface area contributed by atoms with Crippen LogP contribution in [0.25, 0.3) is 16.6 Å². The van der Waals surface area contributed by atoms with Crippen molar-refractivity contribution in [1.29, 1.82) is 0 Å². The number of halogens is 1. The zero-order valence-corrected chi connectivity index (χ0v) is 31.2. The molecular formula is C39H53ClN6O4. The van der Waals surface area contributed by atoms with E-state index in [1.807, 2.05) is 100 Å². The van der Waals surface area contributed by atoms with Crippen LogP contribution in [-0.4, -0.2) is 107 Å². The highest BCUT2D eigenvalue weighted by molar-refractivity contribution is 5.85. The summed E-state index contributed by atoms with van der Waals surface area (Å²) in [7, 11) is 2.15. The minimum absolute atomic E-state index is 0. The zero-order chi connectivity index (χ0) is 34.9. The number of fused-ring (bicyclic) bond motifs is 1. The van der Waals surface area contributed by atoms with E-state index in [1.165, 1.54) is 0 Å². The predicted molar refractivity (Wildman–Crippen MR) is 203 cm³/mol. The highest BCUT2D eigenvalue weighted by atomic mass is 35.5. The molecule has 1 amide bonds. The zero-order valence-electron chi connectivity index (χ0n) is 30.4. The van der Waals surface area contributed by atoms with Gasteiger partial charge in [0.25, 0.3) is 11.5 Å². The van der Waals surface area contributed by atoms with Crippen LogP contribution in [0.4, 0.5) is 0 Å². The molecule has 2 fully saturated rings. The highest BCUT2D eigenvalue weighted by Crippen LogP contribution is 2.26. The Labute approximate surface area is 303 Å². The summed E-state index contributed by atoms with van der Waals surface area (Å²) in [6.07, 6.45) is -0.0560. The molecule has 3 heterocycles. The molecule has 0 unspecified atom stereocenters. The summed E-state index contributed by atoms with van der Waals surface area (Å²) >= 11 is 0. The van der Waals surface area contributed by atoms with Crippen LogP contribution in [0.5, 0.6) is 11.5 Å². The number of aryl methyl sites for hydroxylation is 1.